The van der Waals surface area contributed by atoms with E-state index in [0.717, 1.165) is 0 Å². The molecule has 3 aromatic rings. The van der Waals surface area contributed by atoms with Crippen LogP contribution in [0.15, 0.2) is 35.3 Å². The zero-order valence-electron chi connectivity index (χ0n) is 12.4. The van der Waals surface area contributed by atoms with Gasteiger partial charge in [0.1, 0.15) is 16.8 Å². The minimum absolute atomic E-state index is 0.0246. The van der Waals surface area contributed by atoms with Crippen molar-refractivity contribution >= 4 is 22.6 Å². The molecule has 118 valence electrons. The second-order valence-electron chi connectivity index (χ2n) is 5.00. The molecule has 3 heterocycles. The van der Waals surface area contributed by atoms with Gasteiger partial charge in [0.25, 0.3) is 11.5 Å². The number of nitrogens with zero attached hydrogens (tertiary/aromatic N) is 3. The number of carbonyl (C=O) groups excluding carboxylic acids is 1. The molecule has 0 bridgehead atoms. The molecule has 3 aromatic heterocycles. The molecule has 0 fully saturated rings. The van der Waals surface area contributed by atoms with Gasteiger partial charge in [0.15, 0.2) is 0 Å². The van der Waals surface area contributed by atoms with E-state index in [4.69, 9.17) is 15.9 Å². The highest BCUT2D eigenvalue weighted by Crippen LogP contribution is 2.09. The molecular weight excluding hydrogens is 298 g/mol. The summed E-state index contributed by atoms with van der Waals surface area (Å²) >= 11 is 0. The topological polar surface area (TPSA) is 115 Å². The fourth-order valence-corrected chi connectivity index (χ4v) is 2.48. The Morgan fingerprint density at radius 3 is 2.91 bits per heavy atom. The maximum atomic E-state index is 12.7. The normalized spacial score (nSPS) is 11.2. The van der Waals surface area contributed by atoms with Crippen LogP contribution in [0.2, 0.25) is 0 Å². The number of hydrogen-bond donors (Lipinski definition) is 2. The number of amides is 1. The van der Waals surface area contributed by atoms with Crippen LogP contribution in [-0.2, 0) is 11.3 Å². The van der Waals surface area contributed by atoms with Gasteiger partial charge < -0.3 is 15.0 Å². The van der Waals surface area contributed by atoms with E-state index in [-0.39, 0.29) is 28.5 Å². The largest absolute Gasteiger partial charge is 0.383 e. The average molecular weight is 313 g/mol. The lowest BCUT2D eigenvalue weighted by molar-refractivity contribution is 0.0997. The highest BCUT2D eigenvalue weighted by molar-refractivity contribution is 5.95. The van der Waals surface area contributed by atoms with Gasteiger partial charge in [-0.1, -0.05) is 6.07 Å². The third-order valence-electron chi connectivity index (χ3n) is 3.60. The van der Waals surface area contributed by atoms with Crippen LogP contribution in [0.5, 0.6) is 0 Å². The molecule has 8 heteroatoms. The summed E-state index contributed by atoms with van der Waals surface area (Å²) in [6, 6.07) is 6.52. The smallest absolute Gasteiger partial charge is 0.267 e. The molecule has 1 amide bonds. The number of ether oxygens (including phenoxy) is 1. The quantitative estimate of drug-likeness (QED) is 0.653. The first-order valence-corrected chi connectivity index (χ1v) is 6.93. The van der Waals surface area contributed by atoms with E-state index >= 15 is 0 Å². The zero-order valence-corrected chi connectivity index (χ0v) is 12.4. The van der Waals surface area contributed by atoms with Crippen molar-refractivity contribution < 1.29 is 9.53 Å². The average Bonchev–Trinajstić information content (AvgIpc) is 2.54. The number of nitrogens with two attached hydrogens (primary N) is 1. The summed E-state index contributed by atoms with van der Waals surface area (Å²) in [5.41, 5.74) is 5.69. The van der Waals surface area contributed by atoms with Crippen LogP contribution < -0.4 is 16.8 Å². The maximum Gasteiger partial charge on any atom is 0.267 e. The summed E-state index contributed by atoms with van der Waals surface area (Å²) in [5.74, 6) is -0.763. The molecule has 8 nitrogen and oxygen atoms in total. The van der Waals surface area contributed by atoms with E-state index in [0.29, 0.717) is 17.9 Å². The Bertz CT molecular complexity index is 1030. The van der Waals surface area contributed by atoms with E-state index in [1.54, 1.807) is 24.4 Å². The molecule has 0 spiro atoms. The molecule has 0 atom stereocenters. The third kappa shape index (κ3) is 2.38. The summed E-state index contributed by atoms with van der Waals surface area (Å²) < 4.78 is 7.89. The Morgan fingerprint density at radius 1 is 1.43 bits per heavy atom. The van der Waals surface area contributed by atoms with Gasteiger partial charge >= 0.3 is 0 Å². The molecular formula is C15H15N5O3. The van der Waals surface area contributed by atoms with Crippen molar-refractivity contribution in [1.82, 2.24) is 14.0 Å². The minimum Gasteiger partial charge on any atom is -0.383 e. The number of aromatic nitrogens is 3. The fourth-order valence-electron chi connectivity index (χ4n) is 2.48. The predicted molar refractivity (Wildman–Crippen MR) is 83.2 cm³/mol. The molecule has 0 aromatic carbocycles. The van der Waals surface area contributed by atoms with Crippen LogP contribution in [0.1, 0.15) is 10.4 Å². The molecule has 0 radical (unpaired) electrons. The van der Waals surface area contributed by atoms with Gasteiger partial charge in [0.2, 0.25) is 0 Å². The molecule has 0 saturated heterocycles. The molecule has 0 aliphatic rings. The summed E-state index contributed by atoms with van der Waals surface area (Å²) in [6.45, 7) is 0.589. The number of primary amides is 1. The van der Waals surface area contributed by atoms with Crippen LogP contribution in [0.4, 0.5) is 0 Å². The standard InChI is InChI=1S/C15H15N5O3/c1-23-7-6-20-12(16)9(13(17)21)8-10-14(20)18-11-4-2-3-5-19(11)15(10)22/h2-5,8,16H,6-7H2,1H3,(H2,17,21). The summed E-state index contributed by atoms with van der Waals surface area (Å²) in [5, 5.41) is 8.40. The lowest BCUT2D eigenvalue weighted by atomic mass is 10.2. The Balaban J connectivity index is 2.50. The highest BCUT2D eigenvalue weighted by atomic mass is 16.5. The van der Waals surface area contributed by atoms with Crippen molar-refractivity contribution in [2.24, 2.45) is 5.73 Å². The number of carbonyl (C=O) groups is 1. The second kappa shape index (κ2) is 5.65. The molecule has 23 heavy (non-hydrogen) atoms. The van der Waals surface area contributed by atoms with E-state index in [9.17, 15) is 9.59 Å². The molecule has 0 unspecified atom stereocenters. The van der Waals surface area contributed by atoms with Gasteiger partial charge in [0, 0.05) is 19.9 Å². The molecule has 3 rings (SSSR count). The van der Waals surface area contributed by atoms with Crippen molar-refractivity contribution in [1.29, 1.82) is 5.41 Å². The summed E-state index contributed by atoms with van der Waals surface area (Å²) in [7, 11) is 1.53. The third-order valence-corrected chi connectivity index (χ3v) is 3.60. The van der Waals surface area contributed by atoms with Gasteiger partial charge in [0.05, 0.1) is 17.6 Å². The van der Waals surface area contributed by atoms with Crippen molar-refractivity contribution in [3.8, 4) is 0 Å². The first kappa shape index (κ1) is 14.9. The summed E-state index contributed by atoms with van der Waals surface area (Å²) in [4.78, 5) is 28.7. The number of nitrogens with one attached hydrogen (secondary N) is 1. The van der Waals surface area contributed by atoms with Crippen LogP contribution in [0.3, 0.4) is 0 Å². The Morgan fingerprint density at radius 2 is 2.22 bits per heavy atom. The molecule has 3 N–H and O–H groups in total. The highest BCUT2D eigenvalue weighted by Gasteiger charge is 2.15. The van der Waals surface area contributed by atoms with Crippen molar-refractivity contribution in [2.45, 2.75) is 6.54 Å². The molecule has 0 aliphatic carbocycles. The maximum absolute atomic E-state index is 12.7. The van der Waals surface area contributed by atoms with E-state index in [2.05, 4.69) is 4.98 Å². The number of methoxy groups -OCH3 is 1. The number of pyridine rings is 2. The van der Waals surface area contributed by atoms with Gasteiger partial charge in [-0.15, -0.1) is 0 Å². The Hall–Kier alpha value is -3.00. The lowest BCUT2D eigenvalue weighted by Gasteiger charge is -2.13. The fraction of sp³-hybridized carbons (Fsp3) is 0.200. The first-order valence-electron chi connectivity index (χ1n) is 6.93. The van der Waals surface area contributed by atoms with Gasteiger partial charge in [-0.2, -0.15) is 0 Å². The minimum atomic E-state index is -0.763. The molecule has 0 aliphatic heterocycles. The van der Waals surface area contributed by atoms with Crippen LogP contribution in [0.25, 0.3) is 16.7 Å². The van der Waals surface area contributed by atoms with E-state index < -0.39 is 5.91 Å². The van der Waals surface area contributed by atoms with E-state index in [1.807, 2.05) is 0 Å². The Kier molecular flexibility index (Phi) is 3.67. The van der Waals surface area contributed by atoms with Crippen molar-refractivity contribution in [3.63, 3.8) is 0 Å². The number of rotatable bonds is 4. The van der Waals surface area contributed by atoms with Gasteiger partial charge in [-0.05, 0) is 18.2 Å². The van der Waals surface area contributed by atoms with Gasteiger partial charge in [-0.25, -0.2) is 4.98 Å². The second-order valence-corrected chi connectivity index (χ2v) is 5.00. The SMILES string of the molecule is COCCn1c(=N)c(C(N)=O)cc2c(=O)n3ccccc3nc21. The van der Waals surface area contributed by atoms with Gasteiger partial charge in [-0.3, -0.25) is 19.4 Å². The lowest BCUT2D eigenvalue weighted by Crippen LogP contribution is -2.33. The number of fused-ring (bicyclic) bond motifs is 2. The predicted octanol–water partition coefficient (Wildman–Crippen LogP) is -0.126. The Labute approximate surface area is 130 Å². The zero-order chi connectivity index (χ0) is 16.6. The first-order chi connectivity index (χ1) is 11.0. The van der Waals surface area contributed by atoms with Crippen LogP contribution in [-0.4, -0.2) is 33.6 Å². The summed E-state index contributed by atoms with van der Waals surface area (Å²) in [6.07, 6.45) is 1.60. The molecule has 0 saturated carbocycles. The van der Waals surface area contributed by atoms with Crippen molar-refractivity contribution in [3.05, 3.63) is 51.9 Å². The number of hydrogen-bond acceptors (Lipinski definition) is 5. The van der Waals surface area contributed by atoms with Crippen LogP contribution in [0, 0.1) is 5.41 Å². The van der Waals surface area contributed by atoms with E-state index in [1.165, 1.54) is 22.1 Å². The van der Waals surface area contributed by atoms with Crippen LogP contribution >= 0.6 is 0 Å². The monoisotopic (exact) mass is 313 g/mol. The van der Waals surface area contributed by atoms with Crippen molar-refractivity contribution in [2.75, 3.05) is 13.7 Å².